The number of hydrogen-bond acceptors (Lipinski definition) is 4. The van der Waals surface area contributed by atoms with Crippen molar-refractivity contribution in [1.82, 2.24) is 4.90 Å². The minimum Gasteiger partial charge on any atom is -0.497 e. The first-order valence-corrected chi connectivity index (χ1v) is 7.40. The van der Waals surface area contributed by atoms with Crippen LogP contribution in [0.5, 0.6) is 11.5 Å². The third-order valence-corrected chi connectivity index (χ3v) is 4.80. The highest BCUT2D eigenvalue weighted by atomic mass is 16.5. The quantitative estimate of drug-likeness (QED) is 0.916. The van der Waals surface area contributed by atoms with Crippen LogP contribution in [0.1, 0.15) is 23.2 Å². The number of likely N-dealkylation sites (tertiary alicyclic amines) is 1. The largest absolute Gasteiger partial charge is 0.497 e. The minimum absolute atomic E-state index is 0.0359. The summed E-state index contributed by atoms with van der Waals surface area (Å²) in [5, 5.41) is 0. The fraction of sp³-hybridized carbons (Fsp3) is 0.562. The summed E-state index contributed by atoms with van der Waals surface area (Å²) in [5.74, 6) is 2.33. The summed E-state index contributed by atoms with van der Waals surface area (Å²) in [6, 6.07) is 5.54. The molecule has 1 heterocycles. The van der Waals surface area contributed by atoms with Crippen LogP contribution in [0.4, 0.5) is 0 Å². The molecule has 5 heteroatoms. The molecule has 2 N–H and O–H groups in total. The molecule has 114 valence electrons. The molecule has 1 amide bonds. The Balaban J connectivity index is 1.80. The van der Waals surface area contributed by atoms with Gasteiger partial charge < -0.3 is 20.1 Å². The summed E-state index contributed by atoms with van der Waals surface area (Å²) in [6.45, 7) is 1.58. The fourth-order valence-corrected chi connectivity index (χ4v) is 3.59. The molecule has 1 aromatic carbocycles. The van der Waals surface area contributed by atoms with Gasteiger partial charge >= 0.3 is 0 Å². The molecule has 3 atom stereocenters. The van der Waals surface area contributed by atoms with Gasteiger partial charge in [0.1, 0.15) is 11.5 Å². The van der Waals surface area contributed by atoms with Crippen LogP contribution >= 0.6 is 0 Å². The molecular weight excluding hydrogens is 268 g/mol. The van der Waals surface area contributed by atoms with Gasteiger partial charge in [0.25, 0.3) is 5.91 Å². The Labute approximate surface area is 125 Å². The second-order valence-corrected chi connectivity index (χ2v) is 5.98. The molecule has 0 radical (unpaired) electrons. The van der Waals surface area contributed by atoms with Gasteiger partial charge in [-0.1, -0.05) is 0 Å². The van der Waals surface area contributed by atoms with Crippen LogP contribution in [0.3, 0.4) is 0 Å². The van der Waals surface area contributed by atoms with Crippen LogP contribution < -0.4 is 15.2 Å². The van der Waals surface area contributed by atoms with Crippen LogP contribution in [0.2, 0.25) is 0 Å². The molecular formula is C16H22N2O3. The van der Waals surface area contributed by atoms with Crippen LogP contribution in [0, 0.1) is 11.8 Å². The van der Waals surface area contributed by atoms with E-state index >= 15 is 0 Å². The topological polar surface area (TPSA) is 64.8 Å². The first-order chi connectivity index (χ1) is 10.1. The summed E-state index contributed by atoms with van der Waals surface area (Å²) in [7, 11) is 3.17. The van der Waals surface area contributed by atoms with Crippen molar-refractivity contribution in [3.05, 3.63) is 23.8 Å². The van der Waals surface area contributed by atoms with Gasteiger partial charge in [-0.15, -0.1) is 0 Å². The number of carbonyl (C=O) groups excluding carboxylic acids is 1. The maximum atomic E-state index is 12.7. The van der Waals surface area contributed by atoms with E-state index < -0.39 is 0 Å². The number of amides is 1. The molecule has 2 fully saturated rings. The van der Waals surface area contributed by atoms with E-state index in [2.05, 4.69) is 0 Å². The SMILES string of the molecule is COc1cc(OC)cc(C(=O)N2CC3CCC(N)C3C2)c1. The zero-order valence-electron chi connectivity index (χ0n) is 12.5. The summed E-state index contributed by atoms with van der Waals surface area (Å²) in [4.78, 5) is 14.6. The first kappa shape index (κ1) is 14.2. The second kappa shape index (κ2) is 5.56. The monoisotopic (exact) mass is 290 g/mol. The molecule has 0 spiro atoms. The maximum Gasteiger partial charge on any atom is 0.254 e. The Morgan fingerprint density at radius 2 is 1.81 bits per heavy atom. The molecule has 2 aliphatic rings. The Bertz CT molecular complexity index is 524. The van der Waals surface area contributed by atoms with Crippen molar-refractivity contribution in [3.63, 3.8) is 0 Å². The average Bonchev–Trinajstić information content (AvgIpc) is 3.08. The molecule has 5 nitrogen and oxygen atoms in total. The molecule has 3 rings (SSSR count). The van der Waals surface area contributed by atoms with Crippen molar-refractivity contribution < 1.29 is 14.3 Å². The van der Waals surface area contributed by atoms with Gasteiger partial charge in [-0.05, 0) is 36.8 Å². The molecule has 1 saturated carbocycles. The molecule has 21 heavy (non-hydrogen) atoms. The number of carbonyl (C=O) groups is 1. The van der Waals surface area contributed by atoms with Gasteiger partial charge in [-0.25, -0.2) is 0 Å². The van der Waals surface area contributed by atoms with Gasteiger partial charge in [0.05, 0.1) is 14.2 Å². The third kappa shape index (κ3) is 2.58. The fourth-order valence-electron chi connectivity index (χ4n) is 3.59. The lowest BCUT2D eigenvalue weighted by Crippen LogP contribution is -2.33. The molecule has 3 unspecified atom stereocenters. The highest BCUT2D eigenvalue weighted by Gasteiger charge is 2.42. The number of benzene rings is 1. The van der Waals surface area contributed by atoms with Crippen LogP contribution in [-0.4, -0.2) is 44.2 Å². The molecule has 0 bridgehead atoms. The minimum atomic E-state index is 0.0359. The van der Waals surface area contributed by atoms with E-state index in [9.17, 15) is 4.79 Å². The summed E-state index contributed by atoms with van der Waals surface area (Å²) >= 11 is 0. The summed E-state index contributed by atoms with van der Waals surface area (Å²) in [6.07, 6.45) is 2.22. The van der Waals surface area contributed by atoms with Crippen molar-refractivity contribution in [2.24, 2.45) is 17.6 Å². The standard InChI is InChI=1S/C16H22N2O3/c1-20-12-5-11(6-13(7-12)21-2)16(19)18-8-10-3-4-15(17)14(10)9-18/h5-7,10,14-15H,3-4,8-9,17H2,1-2H3. The van der Waals surface area contributed by atoms with E-state index in [-0.39, 0.29) is 11.9 Å². The summed E-state index contributed by atoms with van der Waals surface area (Å²) in [5.41, 5.74) is 6.75. The van der Waals surface area contributed by atoms with Crippen LogP contribution in [0.15, 0.2) is 18.2 Å². The highest BCUT2D eigenvalue weighted by molar-refractivity contribution is 5.95. The lowest BCUT2D eigenvalue weighted by Gasteiger charge is -2.19. The molecule has 1 saturated heterocycles. The van der Waals surface area contributed by atoms with Crippen molar-refractivity contribution in [1.29, 1.82) is 0 Å². The number of rotatable bonds is 3. The number of nitrogens with zero attached hydrogens (tertiary/aromatic N) is 1. The Kier molecular flexibility index (Phi) is 3.76. The number of ether oxygens (including phenoxy) is 2. The van der Waals surface area contributed by atoms with Gasteiger partial charge in [0, 0.05) is 30.8 Å². The number of hydrogen-bond donors (Lipinski definition) is 1. The van der Waals surface area contributed by atoms with E-state index in [1.54, 1.807) is 32.4 Å². The lowest BCUT2D eigenvalue weighted by molar-refractivity contribution is 0.0779. The van der Waals surface area contributed by atoms with E-state index in [4.69, 9.17) is 15.2 Å². The van der Waals surface area contributed by atoms with Crippen LogP contribution in [0.25, 0.3) is 0 Å². The second-order valence-electron chi connectivity index (χ2n) is 5.98. The smallest absolute Gasteiger partial charge is 0.254 e. The lowest BCUT2D eigenvalue weighted by atomic mass is 9.98. The molecule has 0 aromatic heterocycles. The van der Waals surface area contributed by atoms with Crippen molar-refractivity contribution in [3.8, 4) is 11.5 Å². The molecule has 1 aliphatic carbocycles. The van der Waals surface area contributed by atoms with Gasteiger partial charge in [0.2, 0.25) is 0 Å². The van der Waals surface area contributed by atoms with Gasteiger partial charge in [-0.3, -0.25) is 4.79 Å². The molecule has 1 aliphatic heterocycles. The average molecular weight is 290 g/mol. The van der Waals surface area contributed by atoms with Crippen molar-refractivity contribution in [2.75, 3.05) is 27.3 Å². The predicted molar refractivity (Wildman–Crippen MR) is 79.6 cm³/mol. The van der Waals surface area contributed by atoms with Gasteiger partial charge in [0.15, 0.2) is 0 Å². The Morgan fingerprint density at radius 1 is 1.14 bits per heavy atom. The van der Waals surface area contributed by atoms with E-state index in [0.717, 1.165) is 25.9 Å². The Morgan fingerprint density at radius 3 is 2.38 bits per heavy atom. The zero-order chi connectivity index (χ0) is 15.0. The predicted octanol–water partition coefficient (Wildman–Crippen LogP) is 1.51. The third-order valence-electron chi connectivity index (χ3n) is 4.80. The van der Waals surface area contributed by atoms with E-state index in [1.807, 2.05) is 4.90 Å². The van der Waals surface area contributed by atoms with Crippen molar-refractivity contribution in [2.45, 2.75) is 18.9 Å². The number of fused-ring (bicyclic) bond motifs is 1. The number of methoxy groups -OCH3 is 2. The Hall–Kier alpha value is -1.75. The molecule has 1 aromatic rings. The normalized spacial score (nSPS) is 27.6. The first-order valence-electron chi connectivity index (χ1n) is 7.40. The van der Waals surface area contributed by atoms with Gasteiger partial charge in [-0.2, -0.15) is 0 Å². The highest BCUT2D eigenvalue weighted by Crippen LogP contribution is 2.38. The number of nitrogens with two attached hydrogens (primary N) is 1. The van der Waals surface area contributed by atoms with E-state index in [0.29, 0.717) is 28.9 Å². The van der Waals surface area contributed by atoms with E-state index in [1.165, 1.54) is 0 Å². The maximum absolute atomic E-state index is 12.7. The van der Waals surface area contributed by atoms with Crippen LogP contribution in [-0.2, 0) is 0 Å². The van der Waals surface area contributed by atoms with Crippen molar-refractivity contribution >= 4 is 5.91 Å². The zero-order valence-corrected chi connectivity index (χ0v) is 12.5. The summed E-state index contributed by atoms with van der Waals surface area (Å²) < 4.78 is 10.5.